The average Bonchev–Trinajstić information content (AvgIpc) is 2.36. The van der Waals surface area contributed by atoms with Crippen molar-refractivity contribution in [2.24, 2.45) is 5.92 Å². The number of fused-ring (bicyclic) bond motifs is 1. The first-order valence-electron chi connectivity index (χ1n) is 6.61. The molecule has 18 heavy (non-hydrogen) atoms. The lowest BCUT2D eigenvalue weighted by Crippen LogP contribution is -2.04. The first-order valence-corrected chi connectivity index (χ1v) is 6.61. The lowest BCUT2D eigenvalue weighted by Gasteiger charge is -2.10. The number of Topliss-reactive ketones (excluding diaryl/α,β-unsaturated/α-hetero) is 1. The summed E-state index contributed by atoms with van der Waals surface area (Å²) in [5.41, 5.74) is 2.00. The Kier molecular flexibility index (Phi) is 3.81. The van der Waals surface area contributed by atoms with Crippen molar-refractivity contribution in [2.45, 2.75) is 33.6 Å². The van der Waals surface area contributed by atoms with Crippen molar-refractivity contribution in [3.63, 3.8) is 0 Å². The number of rotatable bonds is 4. The lowest BCUT2D eigenvalue weighted by atomic mass is 9.93. The summed E-state index contributed by atoms with van der Waals surface area (Å²) in [5, 5.41) is 2.24. The molecule has 0 atom stereocenters. The molecule has 2 aromatic rings. The molecule has 0 aliphatic rings. The van der Waals surface area contributed by atoms with Gasteiger partial charge in [0, 0.05) is 12.0 Å². The van der Waals surface area contributed by atoms with E-state index in [1.54, 1.807) is 0 Å². The molecule has 0 heterocycles. The maximum absolute atomic E-state index is 12.4. The largest absolute Gasteiger partial charge is 0.294 e. The summed E-state index contributed by atoms with van der Waals surface area (Å²) in [5.74, 6) is 0.849. The van der Waals surface area contributed by atoms with Gasteiger partial charge in [-0.3, -0.25) is 4.79 Å². The number of benzene rings is 2. The summed E-state index contributed by atoms with van der Waals surface area (Å²) >= 11 is 0. The lowest BCUT2D eigenvalue weighted by molar-refractivity contribution is 0.0976. The van der Waals surface area contributed by atoms with Gasteiger partial charge in [-0.1, -0.05) is 50.2 Å². The first kappa shape index (κ1) is 12.8. The molecular weight excluding hydrogens is 220 g/mol. The van der Waals surface area contributed by atoms with Gasteiger partial charge in [-0.05, 0) is 35.6 Å². The molecular formula is C17H20O. The number of carbonyl (C=O) groups is 1. The molecule has 0 aliphatic heterocycles. The molecule has 2 aromatic carbocycles. The molecule has 1 nitrogen and oxygen atoms in total. The monoisotopic (exact) mass is 240 g/mol. The molecule has 94 valence electrons. The number of hydrogen-bond acceptors (Lipinski definition) is 1. The summed E-state index contributed by atoms with van der Waals surface area (Å²) in [6, 6.07) is 12.3. The summed E-state index contributed by atoms with van der Waals surface area (Å²) in [4.78, 5) is 12.4. The SMILES string of the molecule is Cc1ccc2ccccc2c1C(=O)CCC(C)C. The highest BCUT2D eigenvalue weighted by Gasteiger charge is 2.13. The van der Waals surface area contributed by atoms with Gasteiger partial charge in [-0.25, -0.2) is 0 Å². The summed E-state index contributed by atoms with van der Waals surface area (Å²) in [6.45, 7) is 6.33. The Labute approximate surface area is 109 Å². The third-order valence-corrected chi connectivity index (χ3v) is 3.36. The van der Waals surface area contributed by atoms with Crippen molar-refractivity contribution < 1.29 is 4.79 Å². The minimum Gasteiger partial charge on any atom is -0.294 e. The summed E-state index contributed by atoms with van der Waals surface area (Å²) in [7, 11) is 0. The molecule has 1 heteroatoms. The van der Waals surface area contributed by atoms with Crippen LogP contribution >= 0.6 is 0 Å². The van der Waals surface area contributed by atoms with Gasteiger partial charge in [0.05, 0.1) is 0 Å². The van der Waals surface area contributed by atoms with Crippen LogP contribution in [0.25, 0.3) is 10.8 Å². The second kappa shape index (κ2) is 5.34. The van der Waals surface area contributed by atoms with Gasteiger partial charge < -0.3 is 0 Å². The van der Waals surface area contributed by atoms with Crippen LogP contribution in [0.4, 0.5) is 0 Å². The predicted octanol–water partition coefficient (Wildman–Crippen LogP) is 4.77. The summed E-state index contributed by atoms with van der Waals surface area (Å²) in [6.07, 6.45) is 1.61. The second-order valence-corrected chi connectivity index (χ2v) is 5.33. The van der Waals surface area contributed by atoms with E-state index in [-0.39, 0.29) is 5.78 Å². The molecule has 0 fully saturated rings. The fraction of sp³-hybridized carbons (Fsp3) is 0.353. The maximum Gasteiger partial charge on any atom is 0.163 e. The van der Waals surface area contributed by atoms with E-state index in [0.29, 0.717) is 12.3 Å². The number of aryl methyl sites for hydroxylation is 1. The standard InChI is InChI=1S/C17H20O/c1-12(2)8-11-16(18)17-13(3)9-10-14-6-4-5-7-15(14)17/h4-7,9-10,12H,8,11H2,1-3H3. The zero-order valence-electron chi connectivity index (χ0n) is 11.4. The molecule has 0 bridgehead atoms. The second-order valence-electron chi connectivity index (χ2n) is 5.33. The van der Waals surface area contributed by atoms with E-state index in [9.17, 15) is 4.79 Å². The van der Waals surface area contributed by atoms with Crippen LogP contribution < -0.4 is 0 Å². The van der Waals surface area contributed by atoms with Crippen molar-refractivity contribution in [1.82, 2.24) is 0 Å². The van der Waals surface area contributed by atoms with Gasteiger partial charge in [-0.15, -0.1) is 0 Å². The molecule has 0 saturated heterocycles. The molecule has 0 aliphatic carbocycles. The van der Waals surface area contributed by atoms with Gasteiger partial charge in [0.1, 0.15) is 0 Å². The third-order valence-electron chi connectivity index (χ3n) is 3.36. The third kappa shape index (κ3) is 2.61. The van der Waals surface area contributed by atoms with E-state index >= 15 is 0 Å². The van der Waals surface area contributed by atoms with E-state index in [2.05, 4.69) is 26.0 Å². The van der Waals surface area contributed by atoms with E-state index < -0.39 is 0 Å². The van der Waals surface area contributed by atoms with Gasteiger partial charge in [-0.2, -0.15) is 0 Å². The highest BCUT2D eigenvalue weighted by atomic mass is 16.1. The minimum atomic E-state index is 0.276. The molecule has 0 unspecified atom stereocenters. The van der Waals surface area contributed by atoms with Crippen LogP contribution in [0.3, 0.4) is 0 Å². The molecule has 0 N–H and O–H groups in total. The van der Waals surface area contributed by atoms with Gasteiger partial charge in [0.2, 0.25) is 0 Å². The van der Waals surface area contributed by atoms with E-state index in [4.69, 9.17) is 0 Å². The smallest absolute Gasteiger partial charge is 0.163 e. The average molecular weight is 240 g/mol. The summed E-state index contributed by atoms with van der Waals surface area (Å²) < 4.78 is 0. The van der Waals surface area contributed by atoms with Crippen molar-refractivity contribution in [2.75, 3.05) is 0 Å². The fourth-order valence-electron chi connectivity index (χ4n) is 2.30. The Morgan fingerprint density at radius 3 is 2.56 bits per heavy atom. The maximum atomic E-state index is 12.4. The Bertz CT molecular complexity index is 567. The van der Waals surface area contributed by atoms with E-state index in [1.165, 1.54) is 0 Å². The quantitative estimate of drug-likeness (QED) is 0.704. The van der Waals surface area contributed by atoms with Crippen LogP contribution in [-0.2, 0) is 0 Å². The van der Waals surface area contributed by atoms with Crippen LogP contribution in [0, 0.1) is 12.8 Å². The first-order chi connectivity index (χ1) is 8.59. The van der Waals surface area contributed by atoms with Crippen molar-refractivity contribution in [1.29, 1.82) is 0 Å². The van der Waals surface area contributed by atoms with Gasteiger partial charge in [0.15, 0.2) is 5.78 Å². The molecule has 0 radical (unpaired) electrons. The molecule has 0 amide bonds. The van der Waals surface area contributed by atoms with Crippen LogP contribution in [0.15, 0.2) is 36.4 Å². The van der Waals surface area contributed by atoms with Crippen molar-refractivity contribution in [3.05, 3.63) is 47.5 Å². The molecule has 0 spiro atoms. The Morgan fingerprint density at radius 2 is 1.83 bits per heavy atom. The van der Waals surface area contributed by atoms with Crippen LogP contribution in [0.2, 0.25) is 0 Å². The predicted molar refractivity (Wildman–Crippen MR) is 77.1 cm³/mol. The van der Waals surface area contributed by atoms with Crippen LogP contribution in [0.5, 0.6) is 0 Å². The van der Waals surface area contributed by atoms with E-state index in [0.717, 1.165) is 28.3 Å². The minimum absolute atomic E-state index is 0.276. The van der Waals surface area contributed by atoms with Crippen LogP contribution in [-0.4, -0.2) is 5.78 Å². The Balaban J connectivity index is 2.42. The molecule has 2 rings (SSSR count). The molecule has 0 aromatic heterocycles. The van der Waals surface area contributed by atoms with Crippen LogP contribution in [0.1, 0.15) is 42.6 Å². The Morgan fingerprint density at radius 1 is 1.11 bits per heavy atom. The van der Waals surface area contributed by atoms with E-state index in [1.807, 2.05) is 31.2 Å². The van der Waals surface area contributed by atoms with Gasteiger partial charge in [0.25, 0.3) is 0 Å². The Hall–Kier alpha value is -1.63. The molecule has 0 saturated carbocycles. The topological polar surface area (TPSA) is 17.1 Å². The number of ketones is 1. The fourth-order valence-corrected chi connectivity index (χ4v) is 2.30. The van der Waals surface area contributed by atoms with Gasteiger partial charge >= 0.3 is 0 Å². The zero-order valence-corrected chi connectivity index (χ0v) is 11.4. The highest BCUT2D eigenvalue weighted by molar-refractivity contribution is 6.09. The highest BCUT2D eigenvalue weighted by Crippen LogP contribution is 2.24. The van der Waals surface area contributed by atoms with Crippen molar-refractivity contribution >= 4 is 16.6 Å². The zero-order chi connectivity index (χ0) is 13.1. The normalized spacial score (nSPS) is 11.1. The number of hydrogen-bond donors (Lipinski definition) is 0. The van der Waals surface area contributed by atoms with Crippen molar-refractivity contribution in [3.8, 4) is 0 Å². The number of carbonyl (C=O) groups excluding carboxylic acids is 1.